The lowest BCUT2D eigenvalue weighted by Crippen LogP contribution is -2.07. The van der Waals surface area contributed by atoms with Crippen LogP contribution < -0.4 is 5.73 Å². The van der Waals surface area contributed by atoms with Crippen LogP contribution >= 0.6 is 22.6 Å². The van der Waals surface area contributed by atoms with Gasteiger partial charge in [0.15, 0.2) is 0 Å². The van der Waals surface area contributed by atoms with Crippen LogP contribution in [0.2, 0.25) is 0 Å². The maximum absolute atomic E-state index is 11.6. The predicted molar refractivity (Wildman–Crippen MR) is 75.0 cm³/mol. The first kappa shape index (κ1) is 12.9. The first-order valence-corrected chi connectivity index (χ1v) is 6.39. The number of aromatic nitrogens is 1. The van der Waals surface area contributed by atoms with Crippen LogP contribution in [0.3, 0.4) is 0 Å². The van der Waals surface area contributed by atoms with Crippen LogP contribution in [0.4, 0.5) is 5.88 Å². The number of anilines is 1. The molecule has 2 rings (SSSR count). The van der Waals surface area contributed by atoms with Gasteiger partial charge in [-0.3, -0.25) is 0 Å². The summed E-state index contributed by atoms with van der Waals surface area (Å²) in [4.78, 5) is 15.6. The molecule has 1 aromatic carbocycles. The van der Waals surface area contributed by atoms with Gasteiger partial charge in [0.25, 0.3) is 0 Å². The SMILES string of the molecule is CCOC(=O)c1nc(-c2cccc(I)c2)oc1N. The van der Waals surface area contributed by atoms with Gasteiger partial charge in [0.1, 0.15) is 0 Å². The third kappa shape index (κ3) is 2.63. The summed E-state index contributed by atoms with van der Waals surface area (Å²) >= 11 is 2.18. The van der Waals surface area contributed by atoms with Gasteiger partial charge in [-0.25, -0.2) is 4.79 Å². The second-order valence-corrected chi connectivity index (χ2v) is 4.71. The van der Waals surface area contributed by atoms with E-state index < -0.39 is 5.97 Å². The molecule has 1 aromatic heterocycles. The third-order valence-electron chi connectivity index (χ3n) is 2.19. The second-order valence-electron chi connectivity index (χ2n) is 3.46. The maximum Gasteiger partial charge on any atom is 0.362 e. The largest absolute Gasteiger partial charge is 0.461 e. The number of halogens is 1. The van der Waals surface area contributed by atoms with Crippen LogP contribution in [-0.4, -0.2) is 17.6 Å². The molecule has 0 saturated carbocycles. The molecular weight excluding hydrogens is 347 g/mol. The summed E-state index contributed by atoms with van der Waals surface area (Å²) < 4.78 is 11.2. The van der Waals surface area contributed by atoms with E-state index in [4.69, 9.17) is 14.9 Å². The first-order chi connectivity index (χ1) is 8.61. The highest BCUT2D eigenvalue weighted by molar-refractivity contribution is 14.1. The highest BCUT2D eigenvalue weighted by atomic mass is 127. The van der Waals surface area contributed by atoms with Gasteiger partial charge < -0.3 is 14.9 Å². The summed E-state index contributed by atoms with van der Waals surface area (Å²) in [7, 11) is 0. The van der Waals surface area contributed by atoms with E-state index in [1.165, 1.54) is 0 Å². The highest BCUT2D eigenvalue weighted by Gasteiger charge is 2.19. The average molecular weight is 358 g/mol. The van der Waals surface area contributed by atoms with Crippen molar-refractivity contribution in [2.45, 2.75) is 6.92 Å². The van der Waals surface area contributed by atoms with Gasteiger partial charge in [-0.2, -0.15) is 4.98 Å². The van der Waals surface area contributed by atoms with Crippen molar-refractivity contribution in [2.75, 3.05) is 12.3 Å². The Morgan fingerprint density at radius 3 is 3.00 bits per heavy atom. The fraction of sp³-hybridized carbons (Fsp3) is 0.167. The zero-order valence-corrected chi connectivity index (χ0v) is 11.8. The highest BCUT2D eigenvalue weighted by Crippen LogP contribution is 2.25. The summed E-state index contributed by atoms with van der Waals surface area (Å²) in [5.74, 6) is -0.285. The van der Waals surface area contributed by atoms with Crippen molar-refractivity contribution in [3.05, 3.63) is 33.5 Å². The molecule has 0 amide bonds. The molecular formula is C12H11IN2O3. The van der Waals surface area contributed by atoms with Crippen LogP contribution in [0.1, 0.15) is 17.4 Å². The van der Waals surface area contributed by atoms with E-state index >= 15 is 0 Å². The van der Waals surface area contributed by atoms with Crippen molar-refractivity contribution < 1.29 is 13.9 Å². The van der Waals surface area contributed by atoms with Crippen molar-refractivity contribution in [1.29, 1.82) is 0 Å². The molecule has 0 radical (unpaired) electrons. The normalized spacial score (nSPS) is 10.3. The van der Waals surface area contributed by atoms with Gasteiger partial charge in [-0.1, -0.05) is 6.07 Å². The Morgan fingerprint density at radius 2 is 2.33 bits per heavy atom. The molecule has 0 aliphatic carbocycles. The number of hydrogen-bond acceptors (Lipinski definition) is 5. The van der Waals surface area contributed by atoms with Crippen LogP contribution in [0.5, 0.6) is 0 Å². The minimum Gasteiger partial charge on any atom is -0.461 e. The molecule has 5 nitrogen and oxygen atoms in total. The van der Waals surface area contributed by atoms with Gasteiger partial charge in [0, 0.05) is 9.13 Å². The molecule has 0 atom stereocenters. The number of esters is 1. The van der Waals surface area contributed by atoms with Gasteiger partial charge in [0.2, 0.25) is 17.5 Å². The lowest BCUT2D eigenvalue weighted by Gasteiger charge is -1.96. The number of rotatable bonds is 3. The molecule has 0 spiro atoms. The smallest absolute Gasteiger partial charge is 0.362 e. The molecule has 0 bridgehead atoms. The summed E-state index contributed by atoms with van der Waals surface area (Å²) in [5, 5.41) is 0. The van der Waals surface area contributed by atoms with Crippen molar-refractivity contribution in [2.24, 2.45) is 0 Å². The number of benzene rings is 1. The van der Waals surface area contributed by atoms with Gasteiger partial charge >= 0.3 is 5.97 Å². The quantitative estimate of drug-likeness (QED) is 0.674. The number of carbonyl (C=O) groups excluding carboxylic acids is 1. The summed E-state index contributed by atoms with van der Waals surface area (Å²) in [6.45, 7) is 1.98. The molecule has 2 aromatic rings. The zero-order chi connectivity index (χ0) is 13.1. The number of oxazole rings is 1. The van der Waals surface area contributed by atoms with Crippen molar-refractivity contribution in [1.82, 2.24) is 4.98 Å². The zero-order valence-electron chi connectivity index (χ0n) is 9.64. The fourth-order valence-corrected chi connectivity index (χ4v) is 1.97. The first-order valence-electron chi connectivity index (χ1n) is 5.31. The minimum atomic E-state index is -0.573. The summed E-state index contributed by atoms with van der Waals surface area (Å²) in [5.41, 5.74) is 6.40. The van der Waals surface area contributed by atoms with E-state index in [0.717, 1.165) is 9.13 Å². The van der Waals surface area contributed by atoms with Crippen LogP contribution in [0.25, 0.3) is 11.5 Å². The monoisotopic (exact) mass is 358 g/mol. The number of nitrogens with zero attached hydrogens (tertiary/aromatic N) is 1. The predicted octanol–water partition coefficient (Wildman–Crippen LogP) is 2.71. The van der Waals surface area contributed by atoms with Crippen LogP contribution in [0.15, 0.2) is 28.7 Å². The van der Waals surface area contributed by atoms with Crippen molar-refractivity contribution >= 4 is 34.4 Å². The molecule has 2 N–H and O–H groups in total. The number of nitrogens with two attached hydrogens (primary N) is 1. The van der Waals surface area contributed by atoms with E-state index in [1.807, 2.05) is 24.3 Å². The average Bonchev–Trinajstić information content (AvgIpc) is 2.72. The third-order valence-corrected chi connectivity index (χ3v) is 2.86. The fourth-order valence-electron chi connectivity index (χ4n) is 1.42. The topological polar surface area (TPSA) is 78.3 Å². The number of nitrogen functional groups attached to an aromatic ring is 1. The Balaban J connectivity index is 2.37. The molecule has 18 heavy (non-hydrogen) atoms. The van der Waals surface area contributed by atoms with Crippen LogP contribution in [0, 0.1) is 3.57 Å². The Labute approximate surface area is 117 Å². The van der Waals surface area contributed by atoms with Gasteiger partial charge in [0.05, 0.1) is 6.61 Å². The molecule has 1 heterocycles. The Hall–Kier alpha value is -1.57. The Kier molecular flexibility index (Phi) is 3.85. The molecule has 0 aliphatic rings. The molecule has 6 heteroatoms. The number of ether oxygens (including phenoxy) is 1. The summed E-state index contributed by atoms with van der Waals surface area (Å²) in [6.07, 6.45) is 0. The lowest BCUT2D eigenvalue weighted by molar-refractivity contribution is 0.0521. The maximum atomic E-state index is 11.6. The van der Waals surface area contributed by atoms with E-state index in [-0.39, 0.29) is 18.2 Å². The molecule has 0 saturated heterocycles. The molecule has 0 unspecified atom stereocenters. The second kappa shape index (κ2) is 5.38. The van der Waals surface area contributed by atoms with Crippen LogP contribution in [-0.2, 0) is 4.74 Å². The molecule has 0 aliphatic heterocycles. The van der Waals surface area contributed by atoms with Crippen molar-refractivity contribution in [3.63, 3.8) is 0 Å². The number of carbonyl (C=O) groups is 1. The van der Waals surface area contributed by atoms with Gasteiger partial charge in [-0.05, 0) is 47.7 Å². The number of hydrogen-bond donors (Lipinski definition) is 1. The molecule has 0 fully saturated rings. The lowest BCUT2D eigenvalue weighted by atomic mass is 10.2. The molecule has 94 valence electrons. The van der Waals surface area contributed by atoms with Crippen molar-refractivity contribution in [3.8, 4) is 11.5 Å². The Bertz CT molecular complexity index is 580. The minimum absolute atomic E-state index is 0.0192. The van der Waals surface area contributed by atoms with E-state index in [2.05, 4.69) is 27.6 Å². The summed E-state index contributed by atoms with van der Waals surface area (Å²) in [6, 6.07) is 7.55. The van der Waals surface area contributed by atoms with Gasteiger partial charge in [-0.15, -0.1) is 0 Å². The standard InChI is InChI=1S/C12H11IN2O3/c1-2-17-12(16)9-10(14)18-11(15-9)7-4-3-5-8(13)6-7/h3-6H,2,14H2,1H3. The Morgan fingerprint density at radius 1 is 1.56 bits per heavy atom. The van der Waals surface area contributed by atoms with E-state index in [0.29, 0.717) is 5.89 Å². The van der Waals surface area contributed by atoms with E-state index in [1.54, 1.807) is 6.92 Å². The van der Waals surface area contributed by atoms with E-state index in [9.17, 15) is 4.79 Å².